The van der Waals surface area contributed by atoms with Gasteiger partial charge in [0.1, 0.15) is 19.3 Å². The maximum absolute atomic E-state index is 13.1. The van der Waals surface area contributed by atoms with Gasteiger partial charge in [-0.15, -0.1) is 0 Å². The fourth-order valence-corrected chi connectivity index (χ4v) is 12.6. The molecule has 5 unspecified atom stereocenters. The number of unbranched alkanes of at least 4 members (excludes halogenated alkanes) is 33. The van der Waals surface area contributed by atoms with Gasteiger partial charge in [0.05, 0.1) is 26.4 Å². The minimum Gasteiger partial charge on any atom is -0.462 e. The van der Waals surface area contributed by atoms with Gasteiger partial charge in [-0.05, 0) is 109 Å². The van der Waals surface area contributed by atoms with Crippen molar-refractivity contribution in [2.24, 2.45) is 0 Å². The minimum atomic E-state index is -4.98. The molecule has 0 radical (unpaired) electrons. The van der Waals surface area contributed by atoms with E-state index in [1.54, 1.807) is 0 Å². The average Bonchev–Trinajstić information content (AvgIpc) is 0.939. The molecule has 0 rings (SSSR count). The largest absolute Gasteiger partial charge is 0.472 e. The predicted molar refractivity (Wildman–Crippen MR) is 427 cm³/mol. The van der Waals surface area contributed by atoms with E-state index < -0.39 is 97.5 Å². The highest BCUT2D eigenvalue weighted by Crippen LogP contribution is 2.45. The minimum absolute atomic E-state index is 0.0894. The van der Waals surface area contributed by atoms with Gasteiger partial charge in [0, 0.05) is 25.7 Å². The van der Waals surface area contributed by atoms with Crippen LogP contribution in [0, 0.1) is 0 Å². The topological polar surface area (TPSA) is 237 Å². The number of carbonyl (C=O) groups excluding carboxylic acids is 4. The molecule has 0 saturated carbocycles. The van der Waals surface area contributed by atoms with E-state index in [-0.39, 0.29) is 25.7 Å². The van der Waals surface area contributed by atoms with Crippen molar-refractivity contribution in [1.29, 1.82) is 0 Å². The molecule has 104 heavy (non-hydrogen) atoms. The van der Waals surface area contributed by atoms with Gasteiger partial charge in [-0.2, -0.15) is 0 Å². The molecule has 3 N–H and O–H groups in total. The van der Waals surface area contributed by atoms with Gasteiger partial charge in [0.2, 0.25) is 0 Å². The van der Waals surface area contributed by atoms with E-state index in [1.807, 2.05) is 0 Å². The lowest BCUT2D eigenvalue weighted by Gasteiger charge is -2.21. The van der Waals surface area contributed by atoms with E-state index in [0.29, 0.717) is 25.7 Å². The standard InChI is InChI=1S/C85H148O17P2/c1-5-9-13-17-21-25-29-33-36-38-39-41-44-47-50-54-58-62-66-70-83(88)95-75-80(101-84(89)71-67-63-59-55-51-45-32-28-24-20-16-12-8-4)77-99-103(91,92)97-73-79(86)74-98-104(93,94)100-78-81(102-85(90)72-68-64-60-56-52-48-42-35-31-27-23-19-15-11-7-3)76-96-82(87)69-65-61-57-53-49-46-43-40-37-34-30-26-22-18-14-10-6-2/h9-10,13-14,21-22,25-26,33-34,36-37,39,41,43,46-47,50,79-81,86H,5-8,11-12,15-20,23-24,27-32,35,38,40,42,44-45,48-49,51-78H2,1-4H3,(H,91,92)(H,93,94)/b13-9-,14-10-,25-21-,26-22-,36-33-,37-34-,41-39-,46-43-,50-47-. The molecule has 0 fully saturated rings. The third-order valence-corrected chi connectivity index (χ3v) is 19.2. The molecule has 0 saturated heterocycles. The fraction of sp³-hybridized carbons (Fsp3) is 0.741. The summed E-state index contributed by atoms with van der Waals surface area (Å²) in [5.74, 6) is -2.22. The Morgan fingerprint density at radius 1 is 0.279 bits per heavy atom. The van der Waals surface area contributed by atoms with Crippen LogP contribution < -0.4 is 0 Å². The molecule has 0 aromatic heterocycles. The van der Waals surface area contributed by atoms with Gasteiger partial charge >= 0.3 is 39.5 Å². The lowest BCUT2D eigenvalue weighted by atomic mass is 10.0. The lowest BCUT2D eigenvalue weighted by Crippen LogP contribution is -2.30. The first-order valence-electron chi connectivity index (χ1n) is 41.1. The molecule has 0 aromatic rings. The molecule has 0 aliphatic rings. The number of phosphoric ester groups is 2. The summed E-state index contributed by atoms with van der Waals surface area (Å²) in [4.78, 5) is 73.1. The van der Waals surface area contributed by atoms with Crippen molar-refractivity contribution in [2.45, 2.75) is 367 Å². The van der Waals surface area contributed by atoms with Gasteiger partial charge in [-0.25, -0.2) is 9.13 Å². The second-order valence-corrected chi connectivity index (χ2v) is 30.2. The van der Waals surface area contributed by atoms with Crippen LogP contribution in [0.5, 0.6) is 0 Å². The summed E-state index contributed by atoms with van der Waals surface area (Å²) in [7, 11) is -9.97. The third kappa shape index (κ3) is 75.9. The molecule has 0 aromatic carbocycles. The fourth-order valence-electron chi connectivity index (χ4n) is 11.1. The first-order valence-corrected chi connectivity index (χ1v) is 44.1. The number of hydrogen-bond acceptors (Lipinski definition) is 15. The SMILES string of the molecule is CC/C=C\C/C=C\C/C=C\C/C=C\C/C=C\CCCCCC(=O)OCC(COP(=O)(O)OCC(O)COP(=O)(O)OCC(COC(=O)CCCCCC/C=C\C/C=C\C/C=C\C/C=C\CC)OC(=O)CCCCCCCCCCCCCCCCC)OC(=O)CCCCCCCCCCCCCCC. The van der Waals surface area contributed by atoms with Crippen LogP contribution >= 0.6 is 15.6 Å². The highest BCUT2D eigenvalue weighted by atomic mass is 31.2. The average molecular weight is 1500 g/mol. The lowest BCUT2D eigenvalue weighted by molar-refractivity contribution is -0.161. The number of allylic oxidation sites excluding steroid dienone is 18. The Morgan fingerprint density at radius 3 is 0.779 bits per heavy atom. The number of phosphoric acid groups is 2. The second-order valence-electron chi connectivity index (χ2n) is 27.3. The quantitative estimate of drug-likeness (QED) is 0.0169. The van der Waals surface area contributed by atoms with E-state index in [9.17, 15) is 43.2 Å². The monoisotopic (exact) mass is 1500 g/mol. The summed E-state index contributed by atoms with van der Waals surface area (Å²) in [5.41, 5.74) is 0. The van der Waals surface area contributed by atoms with Crippen LogP contribution in [-0.2, 0) is 65.4 Å². The van der Waals surface area contributed by atoms with Crippen molar-refractivity contribution in [3.8, 4) is 0 Å². The molecule has 19 heteroatoms. The van der Waals surface area contributed by atoms with Crippen LogP contribution in [0.15, 0.2) is 109 Å². The molecular weight excluding hydrogens is 1350 g/mol. The van der Waals surface area contributed by atoms with Crippen LogP contribution in [0.1, 0.15) is 349 Å². The molecule has 5 atom stereocenters. The summed E-state index contributed by atoms with van der Waals surface area (Å²) in [6, 6.07) is 0. The molecule has 0 amide bonds. The Kier molecular flexibility index (Phi) is 73.7. The van der Waals surface area contributed by atoms with Crippen LogP contribution in [0.4, 0.5) is 0 Å². The molecule has 17 nitrogen and oxygen atoms in total. The smallest absolute Gasteiger partial charge is 0.462 e. The number of esters is 4. The summed E-state index contributed by atoms with van der Waals surface area (Å²) < 4.78 is 68.7. The van der Waals surface area contributed by atoms with Gasteiger partial charge < -0.3 is 33.8 Å². The number of hydrogen-bond donors (Lipinski definition) is 3. The maximum atomic E-state index is 13.1. The zero-order valence-corrected chi connectivity index (χ0v) is 67.5. The zero-order chi connectivity index (χ0) is 76.0. The van der Waals surface area contributed by atoms with Gasteiger partial charge in [0.15, 0.2) is 12.2 Å². The maximum Gasteiger partial charge on any atom is 0.472 e. The number of ether oxygens (including phenoxy) is 4. The summed E-state index contributed by atoms with van der Waals surface area (Å²) in [6.45, 7) is 4.64. The van der Waals surface area contributed by atoms with Crippen molar-refractivity contribution < 1.29 is 80.2 Å². The Bertz CT molecular complexity index is 2390. The van der Waals surface area contributed by atoms with E-state index in [2.05, 4.69) is 137 Å². The van der Waals surface area contributed by atoms with Gasteiger partial charge in [-0.1, -0.05) is 323 Å². The highest BCUT2D eigenvalue weighted by Gasteiger charge is 2.30. The predicted octanol–water partition coefficient (Wildman–Crippen LogP) is 24.1. The molecule has 0 aliphatic carbocycles. The van der Waals surface area contributed by atoms with Gasteiger partial charge in [-0.3, -0.25) is 37.3 Å². The summed E-state index contributed by atoms with van der Waals surface area (Å²) in [5, 5.41) is 10.7. The van der Waals surface area contributed by atoms with E-state index in [4.69, 9.17) is 37.0 Å². The number of aliphatic hydroxyl groups excluding tert-OH is 1. The van der Waals surface area contributed by atoms with E-state index in [1.165, 1.54) is 116 Å². The van der Waals surface area contributed by atoms with Crippen LogP contribution in [-0.4, -0.2) is 96.7 Å². The first kappa shape index (κ1) is 99.7. The van der Waals surface area contributed by atoms with Crippen molar-refractivity contribution >= 4 is 39.5 Å². The molecule has 0 aliphatic heterocycles. The summed E-state index contributed by atoms with van der Waals surface area (Å²) >= 11 is 0. The number of aliphatic hydroxyl groups is 1. The van der Waals surface area contributed by atoms with Crippen molar-refractivity contribution in [1.82, 2.24) is 0 Å². The molecular formula is C85H148O17P2. The van der Waals surface area contributed by atoms with Crippen LogP contribution in [0.3, 0.4) is 0 Å². The van der Waals surface area contributed by atoms with Crippen molar-refractivity contribution in [2.75, 3.05) is 39.6 Å². The molecule has 0 spiro atoms. The number of rotatable bonds is 77. The molecule has 0 heterocycles. The zero-order valence-electron chi connectivity index (χ0n) is 65.7. The first-order chi connectivity index (χ1) is 50.7. The number of carbonyl (C=O) groups is 4. The third-order valence-electron chi connectivity index (χ3n) is 17.3. The Morgan fingerprint density at radius 2 is 0.500 bits per heavy atom. The molecule has 600 valence electrons. The van der Waals surface area contributed by atoms with Crippen LogP contribution in [0.2, 0.25) is 0 Å². The van der Waals surface area contributed by atoms with Crippen LogP contribution in [0.25, 0.3) is 0 Å². The van der Waals surface area contributed by atoms with E-state index >= 15 is 0 Å². The highest BCUT2D eigenvalue weighted by molar-refractivity contribution is 7.47. The van der Waals surface area contributed by atoms with E-state index in [0.717, 1.165) is 154 Å². The summed E-state index contributed by atoms with van der Waals surface area (Å²) in [6.07, 6.45) is 83.4. The van der Waals surface area contributed by atoms with Gasteiger partial charge in [0.25, 0.3) is 0 Å². The van der Waals surface area contributed by atoms with Crippen molar-refractivity contribution in [3.05, 3.63) is 109 Å². The normalized spacial score (nSPS) is 14.4. The second kappa shape index (κ2) is 76.9. The Hall–Kier alpha value is -4.28. The molecule has 0 bridgehead atoms. The Balaban J connectivity index is 5.38. The Labute approximate surface area is 632 Å². The van der Waals surface area contributed by atoms with Crippen molar-refractivity contribution in [3.63, 3.8) is 0 Å².